The molecule has 0 aliphatic carbocycles. The lowest BCUT2D eigenvalue weighted by molar-refractivity contribution is -0.120. The van der Waals surface area contributed by atoms with Gasteiger partial charge in [-0.05, 0) is 0 Å². The number of carbonyl (C=O) groups is 1. The molecule has 1 aromatic heterocycles. The molecule has 1 amide bonds. The molecule has 78 valence electrons. The molecule has 0 aliphatic heterocycles. The fourth-order valence-electron chi connectivity index (χ4n) is 0.955. The summed E-state index contributed by atoms with van der Waals surface area (Å²) in [6.45, 7) is 1.41. The monoisotopic (exact) mass is 198 g/mol. The van der Waals surface area contributed by atoms with Crippen molar-refractivity contribution >= 4 is 5.91 Å². The zero-order chi connectivity index (χ0) is 10.2. The molecule has 0 bridgehead atoms. The lowest BCUT2D eigenvalue weighted by Crippen LogP contribution is -2.26. The smallest absolute Gasteiger partial charge is 0.221 e. The maximum absolute atomic E-state index is 10.8. The van der Waals surface area contributed by atoms with Crippen molar-refractivity contribution in [3.8, 4) is 0 Å². The summed E-state index contributed by atoms with van der Waals surface area (Å²) in [5.74, 6) is 0.717. The Morgan fingerprint density at radius 2 is 2.43 bits per heavy atom. The van der Waals surface area contributed by atoms with Crippen LogP contribution in [-0.4, -0.2) is 36.2 Å². The molecule has 0 atom stereocenters. The maximum Gasteiger partial charge on any atom is 0.221 e. The van der Waals surface area contributed by atoms with E-state index >= 15 is 0 Å². The topological polar surface area (TPSA) is 80.0 Å². The van der Waals surface area contributed by atoms with E-state index in [4.69, 9.17) is 0 Å². The van der Waals surface area contributed by atoms with E-state index in [1.807, 2.05) is 0 Å². The first-order valence-corrected chi connectivity index (χ1v) is 4.49. The molecule has 0 fully saturated rings. The van der Waals surface area contributed by atoms with E-state index in [0.29, 0.717) is 25.2 Å². The van der Waals surface area contributed by atoms with Crippen molar-refractivity contribution in [3.63, 3.8) is 0 Å². The van der Waals surface area contributed by atoms with E-state index in [1.54, 1.807) is 7.05 Å². The predicted molar refractivity (Wildman–Crippen MR) is 49.6 cm³/mol. The molecule has 1 aromatic rings. The van der Waals surface area contributed by atoms with Crippen molar-refractivity contribution in [3.05, 3.63) is 12.2 Å². The molecule has 0 saturated heterocycles. The Bertz CT molecular complexity index is 260. The zero-order valence-electron chi connectivity index (χ0n) is 8.12. The largest absolute Gasteiger partial charge is 0.359 e. The summed E-state index contributed by atoms with van der Waals surface area (Å²) in [5, 5.41) is 9.32. The van der Waals surface area contributed by atoms with Gasteiger partial charge in [-0.25, -0.2) is 0 Å². The Balaban J connectivity index is 1.97. The first-order valence-electron chi connectivity index (χ1n) is 4.49. The van der Waals surface area contributed by atoms with Crippen LogP contribution >= 0.6 is 0 Å². The second-order valence-electron chi connectivity index (χ2n) is 2.77. The number of nitrogens with zero attached hydrogens (tertiary/aromatic N) is 2. The molecular formula is C8H14N4O2. The van der Waals surface area contributed by atoms with Crippen LogP contribution in [0.4, 0.5) is 0 Å². The van der Waals surface area contributed by atoms with Gasteiger partial charge in [0.05, 0.1) is 0 Å². The van der Waals surface area contributed by atoms with Crippen molar-refractivity contribution in [1.29, 1.82) is 0 Å². The average molecular weight is 198 g/mol. The van der Waals surface area contributed by atoms with E-state index in [9.17, 15) is 4.79 Å². The fraction of sp³-hybridized carbons (Fsp3) is 0.625. The average Bonchev–Trinajstić information content (AvgIpc) is 2.69. The molecule has 0 saturated carbocycles. The molecule has 6 heteroatoms. The third kappa shape index (κ3) is 3.99. The van der Waals surface area contributed by atoms with Crippen LogP contribution in [0.1, 0.15) is 12.2 Å². The van der Waals surface area contributed by atoms with Gasteiger partial charge in [0.1, 0.15) is 0 Å². The predicted octanol–water partition coefficient (Wildman–Crippen LogP) is -0.662. The fourth-order valence-corrected chi connectivity index (χ4v) is 0.955. The SMILES string of the molecule is CNC(=O)CCNCCc1ncon1. The second-order valence-corrected chi connectivity index (χ2v) is 2.77. The Kier molecular flexibility index (Phi) is 4.63. The molecule has 2 N–H and O–H groups in total. The highest BCUT2D eigenvalue weighted by molar-refractivity contribution is 5.75. The molecule has 0 aromatic carbocycles. The minimum absolute atomic E-state index is 0.0389. The molecule has 14 heavy (non-hydrogen) atoms. The van der Waals surface area contributed by atoms with Crippen LogP contribution in [0, 0.1) is 0 Å². The maximum atomic E-state index is 10.8. The van der Waals surface area contributed by atoms with E-state index < -0.39 is 0 Å². The van der Waals surface area contributed by atoms with Gasteiger partial charge in [-0.15, -0.1) is 0 Å². The quantitative estimate of drug-likeness (QED) is 0.593. The Morgan fingerprint density at radius 1 is 1.57 bits per heavy atom. The highest BCUT2D eigenvalue weighted by atomic mass is 16.5. The van der Waals surface area contributed by atoms with Crippen molar-refractivity contribution < 1.29 is 9.32 Å². The number of rotatable bonds is 6. The number of hydrogen-bond acceptors (Lipinski definition) is 5. The van der Waals surface area contributed by atoms with Crippen molar-refractivity contribution in [2.75, 3.05) is 20.1 Å². The number of hydrogen-bond donors (Lipinski definition) is 2. The number of amides is 1. The van der Waals surface area contributed by atoms with Crippen LogP contribution in [-0.2, 0) is 11.2 Å². The van der Waals surface area contributed by atoms with Crippen LogP contribution < -0.4 is 10.6 Å². The first-order chi connectivity index (χ1) is 6.83. The van der Waals surface area contributed by atoms with Crippen molar-refractivity contribution in [1.82, 2.24) is 20.8 Å². The molecule has 0 spiro atoms. The summed E-state index contributed by atoms with van der Waals surface area (Å²) in [6, 6.07) is 0. The van der Waals surface area contributed by atoms with Gasteiger partial charge in [-0.3, -0.25) is 4.79 Å². The standard InChI is InChI=1S/C8H14N4O2/c1-9-8(13)3-5-10-4-2-7-11-6-14-12-7/h6,10H,2-5H2,1H3,(H,9,13). The summed E-state index contributed by atoms with van der Waals surface area (Å²) < 4.78 is 4.57. The number of nitrogens with one attached hydrogen (secondary N) is 2. The van der Waals surface area contributed by atoms with Gasteiger partial charge >= 0.3 is 0 Å². The van der Waals surface area contributed by atoms with Gasteiger partial charge in [-0.2, -0.15) is 4.98 Å². The minimum atomic E-state index is 0.0389. The van der Waals surface area contributed by atoms with Gasteiger partial charge in [0.2, 0.25) is 12.3 Å². The molecule has 0 radical (unpaired) electrons. The third-order valence-corrected chi connectivity index (χ3v) is 1.74. The molecule has 0 unspecified atom stereocenters. The molecule has 1 rings (SSSR count). The van der Waals surface area contributed by atoms with E-state index in [0.717, 1.165) is 6.54 Å². The first kappa shape index (κ1) is 10.6. The van der Waals surface area contributed by atoms with Gasteiger partial charge in [0.15, 0.2) is 5.82 Å². The summed E-state index contributed by atoms with van der Waals surface area (Å²) >= 11 is 0. The number of aromatic nitrogens is 2. The summed E-state index contributed by atoms with van der Waals surface area (Å²) in [4.78, 5) is 14.7. The minimum Gasteiger partial charge on any atom is -0.359 e. The lowest BCUT2D eigenvalue weighted by Gasteiger charge is -2.01. The van der Waals surface area contributed by atoms with Gasteiger partial charge in [-0.1, -0.05) is 5.16 Å². The van der Waals surface area contributed by atoms with Crippen LogP contribution in [0.5, 0.6) is 0 Å². The summed E-state index contributed by atoms with van der Waals surface area (Å²) in [6.07, 6.45) is 2.51. The normalized spacial score (nSPS) is 10.1. The van der Waals surface area contributed by atoms with Crippen LogP contribution in [0.3, 0.4) is 0 Å². The van der Waals surface area contributed by atoms with Gasteiger partial charge < -0.3 is 15.2 Å². The highest BCUT2D eigenvalue weighted by Crippen LogP contribution is 1.87. The zero-order valence-corrected chi connectivity index (χ0v) is 8.12. The van der Waals surface area contributed by atoms with E-state index in [2.05, 4.69) is 25.3 Å². The van der Waals surface area contributed by atoms with E-state index in [-0.39, 0.29) is 5.91 Å². The molecule has 6 nitrogen and oxygen atoms in total. The molecule has 0 aliphatic rings. The number of carbonyl (C=O) groups excluding carboxylic acids is 1. The Labute approximate surface area is 82.1 Å². The third-order valence-electron chi connectivity index (χ3n) is 1.74. The van der Waals surface area contributed by atoms with Crippen molar-refractivity contribution in [2.24, 2.45) is 0 Å². The van der Waals surface area contributed by atoms with Crippen molar-refractivity contribution in [2.45, 2.75) is 12.8 Å². The molecular weight excluding hydrogens is 184 g/mol. The highest BCUT2D eigenvalue weighted by Gasteiger charge is 1.99. The second kappa shape index (κ2) is 6.09. The van der Waals surface area contributed by atoms with Gasteiger partial charge in [0, 0.05) is 33.0 Å². The molecule has 1 heterocycles. The summed E-state index contributed by atoms with van der Waals surface area (Å²) in [5.41, 5.74) is 0. The van der Waals surface area contributed by atoms with Crippen LogP contribution in [0.15, 0.2) is 10.9 Å². The lowest BCUT2D eigenvalue weighted by atomic mass is 10.3. The van der Waals surface area contributed by atoms with Crippen LogP contribution in [0.2, 0.25) is 0 Å². The van der Waals surface area contributed by atoms with Crippen LogP contribution in [0.25, 0.3) is 0 Å². The Hall–Kier alpha value is -1.43. The summed E-state index contributed by atoms with van der Waals surface area (Å²) in [7, 11) is 1.63. The Morgan fingerprint density at radius 3 is 3.07 bits per heavy atom. The van der Waals surface area contributed by atoms with E-state index in [1.165, 1.54) is 6.39 Å². The van der Waals surface area contributed by atoms with Gasteiger partial charge in [0.25, 0.3) is 0 Å².